The van der Waals surface area contributed by atoms with Gasteiger partial charge in [0.15, 0.2) is 5.65 Å². The van der Waals surface area contributed by atoms with Crippen molar-refractivity contribution in [3.8, 4) is 5.75 Å². The van der Waals surface area contributed by atoms with Gasteiger partial charge in [-0.25, -0.2) is 14.3 Å². The highest BCUT2D eigenvalue weighted by Crippen LogP contribution is 2.18. The molecule has 0 saturated heterocycles. The standard InChI is InChI=1S/C15H20N4O5/c1-4-24-10-5-6-17-13-12(10)14(21)19(15(22)18(13)2)9-11(20)16-7-8-23-3/h5-6H,4,7-9H2,1-3H3,(H,16,20). The number of amides is 1. The van der Waals surface area contributed by atoms with Crippen LogP contribution in [0.2, 0.25) is 0 Å². The number of hydrogen-bond acceptors (Lipinski definition) is 6. The maximum absolute atomic E-state index is 12.7. The lowest BCUT2D eigenvalue weighted by Gasteiger charge is -2.12. The Hall–Kier alpha value is -2.68. The highest BCUT2D eigenvalue weighted by atomic mass is 16.5. The van der Waals surface area contributed by atoms with Crippen molar-refractivity contribution in [3.05, 3.63) is 33.1 Å². The molecule has 0 atom stereocenters. The Balaban J connectivity index is 2.51. The largest absolute Gasteiger partial charge is 0.493 e. The lowest BCUT2D eigenvalue weighted by molar-refractivity contribution is -0.121. The van der Waals surface area contributed by atoms with Gasteiger partial charge >= 0.3 is 5.69 Å². The summed E-state index contributed by atoms with van der Waals surface area (Å²) in [6.07, 6.45) is 1.47. The average molecular weight is 336 g/mol. The van der Waals surface area contributed by atoms with Crippen LogP contribution in [0.3, 0.4) is 0 Å². The van der Waals surface area contributed by atoms with Crippen LogP contribution < -0.4 is 21.3 Å². The van der Waals surface area contributed by atoms with Crippen LogP contribution in [-0.4, -0.2) is 46.9 Å². The van der Waals surface area contributed by atoms with Gasteiger partial charge in [-0.2, -0.15) is 0 Å². The van der Waals surface area contributed by atoms with E-state index in [0.717, 1.165) is 4.57 Å². The average Bonchev–Trinajstić information content (AvgIpc) is 2.57. The second-order valence-electron chi connectivity index (χ2n) is 5.02. The van der Waals surface area contributed by atoms with Gasteiger partial charge in [0.1, 0.15) is 17.7 Å². The van der Waals surface area contributed by atoms with Crippen molar-refractivity contribution in [2.45, 2.75) is 13.5 Å². The Kier molecular flexibility index (Phi) is 5.69. The molecule has 2 aromatic heterocycles. The zero-order valence-electron chi connectivity index (χ0n) is 13.9. The quantitative estimate of drug-likeness (QED) is 0.668. The summed E-state index contributed by atoms with van der Waals surface area (Å²) in [6.45, 7) is 2.40. The van der Waals surface area contributed by atoms with E-state index in [0.29, 0.717) is 25.5 Å². The number of methoxy groups -OCH3 is 1. The van der Waals surface area contributed by atoms with Crippen molar-refractivity contribution in [1.82, 2.24) is 19.4 Å². The van der Waals surface area contributed by atoms with Crippen LogP contribution in [0, 0.1) is 0 Å². The third-order valence-corrected chi connectivity index (χ3v) is 3.42. The molecule has 0 aliphatic rings. The summed E-state index contributed by atoms with van der Waals surface area (Å²) in [5, 5.41) is 2.75. The van der Waals surface area contributed by atoms with Gasteiger partial charge in [0.05, 0.1) is 13.2 Å². The fourth-order valence-corrected chi connectivity index (χ4v) is 2.29. The molecule has 24 heavy (non-hydrogen) atoms. The number of pyridine rings is 1. The lowest BCUT2D eigenvalue weighted by atomic mass is 10.3. The Morgan fingerprint density at radius 3 is 2.79 bits per heavy atom. The van der Waals surface area contributed by atoms with E-state index in [1.54, 1.807) is 13.0 Å². The van der Waals surface area contributed by atoms with Crippen molar-refractivity contribution in [2.75, 3.05) is 26.9 Å². The van der Waals surface area contributed by atoms with E-state index in [-0.39, 0.29) is 17.6 Å². The summed E-state index contributed by atoms with van der Waals surface area (Å²) in [6, 6.07) is 1.56. The summed E-state index contributed by atoms with van der Waals surface area (Å²) < 4.78 is 12.4. The molecule has 2 aromatic rings. The topological polar surface area (TPSA) is 104 Å². The van der Waals surface area contributed by atoms with Crippen LogP contribution in [0.25, 0.3) is 11.0 Å². The molecule has 130 valence electrons. The monoisotopic (exact) mass is 336 g/mol. The molecule has 0 unspecified atom stereocenters. The molecule has 0 aliphatic heterocycles. The number of ether oxygens (including phenoxy) is 2. The first-order valence-electron chi connectivity index (χ1n) is 7.48. The number of aromatic nitrogens is 3. The van der Waals surface area contributed by atoms with E-state index in [9.17, 15) is 14.4 Å². The summed E-state index contributed by atoms with van der Waals surface area (Å²) in [7, 11) is 3.00. The predicted molar refractivity (Wildman–Crippen MR) is 87.3 cm³/mol. The van der Waals surface area contributed by atoms with Gasteiger partial charge in [-0.15, -0.1) is 0 Å². The first kappa shape index (κ1) is 17.7. The van der Waals surface area contributed by atoms with Gasteiger partial charge in [-0.05, 0) is 13.0 Å². The van der Waals surface area contributed by atoms with E-state index >= 15 is 0 Å². The number of nitrogens with zero attached hydrogens (tertiary/aromatic N) is 3. The Morgan fingerprint density at radius 1 is 1.38 bits per heavy atom. The Morgan fingerprint density at radius 2 is 2.12 bits per heavy atom. The second kappa shape index (κ2) is 7.73. The number of fused-ring (bicyclic) bond motifs is 1. The number of rotatable bonds is 7. The van der Waals surface area contributed by atoms with Gasteiger partial charge in [0.2, 0.25) is 5.91 Å². The van der Waals surface area contributed by atoms with E-state index in [4.69, 9.17) is 9.47 Å². The van der Waals surface area contributed by atoms with E-state index in [1.807, 2.05) is 0 Å². The number of carbonyl (C=O) groups is 1. The first-order valence-corrected chi connectivity index (χ1v) is 7.48. The minimum absolute atomic E-state index is 0.172. The molecule has 9 heteroatoms. The van der Waals surface area contributed by atoms with Crippen molar-refractivity contribution < 1.29 is 14.3 Å². The number of nitrogens with one attached hydrogen (secondary N) is 1. The van der Waals surface area contributed by atoms with Crippen molar-refractivity contribution in [1.29, 1.82) is 0 Å². The van der Waals surface area contributed by atoms with E-state index < -0.39 is 17.2 Å². The van der Waals surface area contributed by atoms with Crippen LogP contribution >= 0.6 is 0 Å². The van der Waals surface area contributed by atoms with Gasteiger partial charge in [0, 0.05) is 26.9 Å². The highest BCUT2D eigenvalue weighted by Gasteiger charge is 2.17. The second-order valence-corrected chi connectivity index (χ2v) is 5.02. The number of hydrogen-bond donors (Lipinski definition) is 1. The van der Waals surface area contributed by atoms with Gasteiger partial charge in [0.25, 0.3) is 5.56 Å². The molecule has 0 bridgehead atoms. The summed E-state index contributed by atoms with van der Waals surface area (Å²) in [5.41, 5.74) is -1.01. The minimum Gasteiger partial charge on any atom is -0.493 e. The van der Waals surface area contributed by atoms with Crippen LogP contribution in [0.1, 0.15) is 6.92 Å². The van der Waals surface area contributed by atoms with Crippen molar-refractivity contribution >= 4 is 16.9 Å². The van der Waals surface area contributed by atoms with Gasteiger partial charge in [-0.1, -0.05) is 0 Å². The molecule has 2 heterocycles. The Labute approximate surface area is 137 Å². The molecule has 9 nitrogen and oxygen atoms in total. The van der Waals surface area contributed by atoms with E-state index in [1.165, 1.54) is 24.9 Å². The molecule has 0 radical (unpaired) electrons. The minimum atomic E-state index is -0.615. The third kappa shape index (κ3) is 3.46. The fourth-order valence-electron chi connectivity index (χ4n) is 2.29. The molecule has 0 aromatic carbocycles. The molecule has 1 amide bonds. The molecule has 0 spiro atoms. The molecule has 0 saturated carbocycles. The van der Waals surface area contributed by atoms with Gasteiger partial charge in [-0.3, -0.25) is 14.2 Å². The fraction of sp³-hybridized carbons (Fsp3) is 0.467. The smallest absolute Gasteiger partial charge is 0.332 e. The van der Waals surface area contributed by atoms with Crippen LogP contribution in [0.4, 0.5) is 0 Å². The molecular formula is C15H20N4O5. The number of aryl methyl sites for hydroxylation is 1. The van der Waals surface area contributed by atoms with Crippen LogP contribution in [0.15, 0.2) is 21.9 Å². The SMILES string of the molecule is CCOc1ccnc2c1c(=O)n(CC(=O)NCCOC)c(=O)n2C. The summed E-state index contributed by atoms with van der Waals surface area (Å²) in [5.74, 6) is -0.121. The van der Waals surface area contributed by atoms with Crippen LogP contribution in [-0.2, 0) is 23.1 Å². The summed E-state index contributed by atoms with van der Waals surface area (Å²) in [4.78, 5) is 41.1. The molecule has 0 aliphatic carbocycles. The van der Waals surface area contributed by atoms with Crippen molar-refractivity contribution in [3.63, 3.8) is 0 Å². The Bertz CT molecular complexity index is 855. The normalized spacial score (nSPS) is 10.8. The number of carbonyl (C=O) groups excluding carboxylic acids is 1. The molecular weight excluding hydrogens is 316 g/mol. The molecule has 0 fully saturated rings. The first-order chi connectivity index (χ1) is 11.5. The molecule has 1 N–H and O–H groups in total. The third-order valence-electron chi connectivity index (χ3n) is 3.42. The molecule has 2 rings (SSSR count). The van der Waals surface area contributed by atoms with Crippen molar-refractivity contribution in [2.24, 2.45) is 7.05 Å². The van der Waals surface area contributed by atoms with Gasteiger partial charge < -0.3 is 14.8 Å². The summed E-state index contributed by atoms with van der Waals surface area (Å²) >= 11 is 0. The maximum atomic E-state index is 12.7. The maximum Gasteiger partial charge on any atom is 0.332 e. The predicted octanol–water partition coefficient (Wildman–Crippen LogP) is -0.743. The lowest BCUT2D eigenvalue weighted by Crippen LogP contribution is -2.43. The van der Waals surface area contributed by atoms with Crippen LogP contribution in [0.5, 0.6) is 5.75 Å². The van der Waals surface area contributed by atoms with E-state index in [2.05, 4.69) is 10.3 Å². The zero-order chi connectivity index (χ0) is 17.7. The zero-order valence-corrected chi connectivity index (χ0v) is 13.9. The highest BCUT2D eigenvalue weighted by molar-refractivity contribution is 5.81.